The second-order valence-corrected chi connectivity index (χ2v) is 10.7. The van der Waals surface area contributed by atoms with Crippen LogP contribution in [0.4, 0.5) is 0 Å². The Morgan fingerprint density at radius 2 is 1.86 bits per heavy atom. The molecule has 3 aromatic carbocycles. The van der Waals surface area contributed by atoms with Crippen LogP contribution in [0.15, 0.2) is 71.5 Å². The van der Waals surface area contributed by atoms with Gasteiger partial charge in [0.05, 0.1) is 15.2 Å². The van der Waals surface area contributed by atoms with Crippen molar-refractivity contribution in [3.63, 3.8) is 0 Å². The summed E-state index contributed by atoms with van der Waals surface area (Å²) in [6, 6.07) is 20.7. The lowest BCUT2D eigenvalue weighted by atomic mass is 10.00. The molecule has 6 rings (SSSR count). The zero-order valence-corrected chi connectivity index (χ0v) is 21.5. The number of aliphatic hydroxyl groups is 1. The number of β-amino-alcohol motifs (C(OH)–C–C–N with tert-alkyl or cyclic N) is 1. The van der Waals surface area contributed by atoms with Gasteiger partial charge in [-0.1, -0.05) is 41.6 Å². The molecule has 2 atom stereocenters. The van der Waals surface area contributed by atoms with E-state index >= 15 is 0 Å². The van der Waals surface area contributed by atoms with Crippen LogP contribution in [0.2, 0.25) is 0 Å². The van der Waals surface area contributed by atoms with Crippen LogP contribution in [0.1, 0.15) is 22.5 Å². The topological polar surface area (TPSA) is 87.8 Å². The number of nitrogens with zero attached hydrogens (tertiary/aromatic N) is 5. The molecule has 0 aliphatic carbocycles. The van der Waals surface area contributed by atoms with Gasteiger partial charge in [0.25, 0.3) is 0 Å². The quantitative estimate of drug-likeness (QED) is 0.328. The Morgan fingerprint density at radius 1 is 1.03 bits per heavy atom. The summed E-state index contributed by atoms with van der Waals surface area (Å²) in [5.41, 5.74) is 2.07. The van der Waals surface area contributed by atoms with Crippen molar-refractivity contribution < 1.29 is 14.4 Å². The van der Waals surface area contributed by atoms with E-state index in [-0.39, 0.29) is 12.6 Å². The van der Waals surface area contributed by atoms with Crippen molar-refractivity contribution in [2.24, 2.45) is 0 Å². The van der Waals surface area contributed by atoms with Crippen molar-refractivity contribution in [1.82, 2.24) is 24.9 Å². The number of piperazine rings is 1. The lowest BCUT2D eigenvalue weighted by Crippen LogP contribution is -2.50. The van der Waals surface area contributed by atoms with Gasteiger partial charge >= 0.3 is 0 Å². The zero-order chi connectivity index (χ0) is 25.2. The van der Waals surface area contributed by atoms with E-state index in [1.165, 1.54) is 17.1 Å². The summed E-state index contributed by atoms with van der Waals surface area (Å²) in [5.74, 6) is 1.34. The highest BCUT2D eigenvalue weighted by Gasteiger charge is 2.30. The summed E-state index contributed by atoms with van der Waals surface area (Å²) >= 11 is 1.67. The Hall–Kier alpha value is -3.37. The minimum absolute atomic E-state index is 0.105. The van der Waals surface area contributed by atoms with Gasteiger partial charge in [0, 0.05) is 38.8 Å². The first-order chi connectivity index (χ1) is 18.1. The fourth-order valence-corrected chi connectivity index (χ4v) is 5.86. The molecule has 0 bridgehead atoms. The second-order valence-electron chi connectivity index (χ2n) is 9.45. The number of benzene rings is 3. The summed E-state index contributed by atoms with van der Waals surface area (Å²) in [4.78, 5) is 13.6. The number of hydrogen-bond acceptors (Lipinski definition) is 9. The highest BCUT2D eigenvalue weighted by molar-refractivity contribution is 7.18. The molecular formula is C28H29N5O3S. The number of rotatable bonds is 8. The Morgan fingerprint density at radius 3 is 2.68 bits per heavy atom. The fraction of sp³-hybridized carbons (Fsp3) is 0.321. The molecule has 8 nitrogen and oxygen atoms in total. The molecule has 1 aliphatic heterocycles. The van der Waals surface area contributed by atoms with Gasteiger partial charge in [-0.3, -0.25) is 9.80 Å². The maximum Gasteiger partial charge on any atom is 0.248 e. The highest BCUT2D eigenvalue weighted by Crippen LogP contribution is 2.31. The molecule has 0 amide bonds. The minimum Gasteiger partial charge on any atom is -0.491 e. The first-order valence-electron chi connectivity index (χ1n) is 12.5. The molecule has 1 saturated heterocycles. The van der Waals surface area contributed by atoms with Gasteiger partial charge in [-0.05, 0) is 41.5 Å². The molecule has 1 fully saturated rings. The van der Waals surface area contributed by atoms with E-state index < -0.39 is 6.10 Å². The number of ether oxygens (including phenoxy) is 1. The molecule has 0 radical (unpaired) electrons. The van der Waals surface area contributed by atoms with E-state index in [0.29, 0.717) is 12.4 Å². The molecule has 2 unspecified atom stereocenters. The van der Waals surface area contributed by atoms with Crippen molar-refractivity contribution in [3.05, 3.63) is 83.5 Å². The maximum atomic E-state index is 10.7. The van der Waals surface area contributed by atoms with Crippen molar-refractivity contribution >= 4 is 32.3 Å². The molecule has 0 spiro atoms. The smallest absolute Gasteiger partial charge is 0.248 e. The SMILES string of the molecule is Cc1nc2cc(OCC(O)CN3CCN(C(c4ccc5ccccc5c4)c4ncno4)CC3)ccc2s1. The van der Waals surface area contributed by atoms with Gasteiger partial charge in [-0.2, -0.15) is 4.98 Å². The normalized spacial score (nSPS) is 16.8. The van der Waals surface area contributed by atoms with E-state index in [2.05, 4.69) is 67.4 Å². The average molecular weight is 516 g/mol. The molecule has 3 heterocycles. The zero-order valence-electron chi connectivity index (χ0n) is 20.7. The molecule has 0 saturated carbocycles. The van der Waals surface area contributed by atoms with Crippen LogP contribution in [0.5, 0.6) is 5.75 Å². The van der Waals surface area contributed by atoms with Crippen LogP contribution in [0.3, 0.4) is 0 Å². The summed E-state index contributed by atoms with van der Waals surface area (Å²) in [6.07, 6.45) is 0.884. The number of aromatic nitrogens is 3. The molecule has 2 aromatic heterocycles. The second kappa shape index (κ2) is 10.5. The van der Waals surface area contributed by atoms with Gasteiger partial charge in [0.15, 0.2) is 6.33 Å². The molecule has 1 N–H and O–H groups in total. The summed E-state index contributed by atoms with van der Waals surface area (Å²) in [6.45, 7) is 6.13. The van der Waals surface area contributed by atoms with Gasteiger partial charge in [0.1, 0.15) is 24.5 Å². The lowest BCUT2D eigenvalue weighted by Gasteiger charge is -2.38. The monoisotopic (exact) mass is 515 g/mol. The maximum absolute atomic E-state index is 10.7. The first-order valence-corrected chi connectivity index (χ1v) is 13.3. The lowest BCUT2D eigenvalue weighted by molar-refractivity contribution is 0.0369. The first kappa shape index (κ1) is 24.0. The third-order valence-corrected chi connectivity index (χ3v) is 7.80. The van der Waals surface area contributed by atoms with Crippen molar-refractivity contribution in [1.29, 1.82) is 0 Å². The van der Waals surface area contributed by atoms with Gasteiger partial charge in [-0.15, -0.1) is 11.3 Å². The van der Waals surface area contributed by atoms with Crippen LogP contribution >= 0.6 is 11.3 Å². The van der Waals surface area contributed by atoms with Crippen LogP contribution in [-0.4, -0.2) is 75.5 Å². The van der Waals surface area contributed by atoms with Crippen molar-refractivity contribution in [2.75, 3.05) is 39.3 Å². The van der Waals surface area contributed by atoms with Gasteiger partial charge in [0.2, 0.25) is 5.89 Å². The molecule has 5 aromatic rings. The Labute approximate surface area is 219 Å². The van der Waals surface area contributed by atoms with Crippen LogP contribution in [0, 0.1) is 6.92 Å². The van der Waals surface area contributed by atoms with Gasteiger partial charge in [-0.25, -0.2) is 4.98 Å². The Balaban J connectivity index is 1.07. The molecule has 1 aliphatic rings. The van der Waals surface area contributed by atoms with Crippen LogP contribution in [-0.2, 0) is 0 Å². The van der Waals surface area contributed by atoms with E-state index in [0.717, 1.165) is 52.7 Å². The number of thiazole rings is 1. The fourth-order valence-electron chi connectivity index (χ4n) is 5.05. The minimum atomic E-state index is -0.577. The average Bonchev–Trinajstić information content (AvgIpc) is 3.57. The van der Waals surface area contributed by atoms with Gasteiger partial charge < -0.3 is 14.4 Å². The molecule has 9 heteroatoms. The van der Waals surface area contributed by atoms with E-state index in [1.54, 1.807) is 11.3 Å². The predicted molar refractivity (Wildman–Crippen MR) is 144 cm³/mol. The molecular weight excluding hydrogens is 486 g/mol. The third kappa shape index (κ3) is 5.35. The number of fused-ring (bicyclic) bond motifs is 2. The van der Waals surface area contributed by atoms with Crippen molar-refractivity contribution in [3.8, 4) is 5.75 Å². The Bertz CT molecular complexity index is 1480. The predicted octanol–water partition coefficient (Wildman–Crippen LogP) is 4.29. The van der Waals surface area contributed by atoms with E-state index in [1.807, 2.05) is 25.1 Å². The van der Waals surface area contributed by atoms with Crippen LogP contribution in [0.25, 0.3) is 21.0 Å². The summed E-state index contributed by atoms with van der Waals surface area (Å²) in [7, 11) is 0. The third-order valence-electron chi connectivity index (χ3n) is 6.85. The number of hydrogen-bond donors (Lipinski definition) is 1. The number of aryl methyl sites for hydroxylation is 1. The summed E-state index contributed by atoms with van der Waals surface area (Å²) in [5, 5.41) is 18.0. The highest BCUT2D eigenvalue weighted by atomic mass is 32.1. The van der Waals surface area contributed by atoms with E-state index in [4.69, 9.17) is 9.26 Å². The largest absolute Gasteiger partial charge is 0.491 e. The van der Waals surface area contributed by atoms with Crippen molar-refractivity contribution in [2.45, 2.75) is 19.1 Å². The van der Waals surface area contributed by atoms with E-state index in [9.17, 15) is 5.11 Å². The molecule has 190 valence electrons. The summed E-state index contributed by atoms with van der Waals surface area (Å²) < 4.78 is 12.6. The Kier molecular flexibility index (Phi) is 6.84. The number of aliphatic hydroxyl groups excluding tert-OH is 1. The van der Waals surface area contributed by atoms with Crippen LogP contribution < -0.4 is 4.74 Å². The standard InChI is InChI=1S/C28H29N5O3S/c1-19-31-25-15-24(8-9-26(25)37-19)35-17-23(34)16-32-10-12-33(13-11-32)27(28-29-18-30-36-28)22-7-6-20-4-2-3-5-21(20)14-22/h2-9,14-15,18,23,27,34H,10-13,16-17H2,1H3. The molecule has 37 heavy (non-hydrogen) atoms.